The molecule has 5 rings (SSSR count). The van der Waals surface area contributed by atoms with Gasteiger partial charge in [0.2, 0.25) is 0 Å². The van der Waals surface area contributed by atoms with Crippen LogP contribution in [0.15, 0.2) is 48.8 Å². The Hall–Kier alpha value is -3.96. The first-order valence-electron chi connectivity index (χ1n) is 10.5. The zero-order valence-corrected chi connectivity index (χ0v) is 19.0. The first-order valence-corrected chi connectivity index (χ1v) is 11.4. The number of morpholine rings is 1. The van der Waals surface area contributed by atoms with Gasteiger partial charge in [0.15, 0.2) is 5.13 Å². The molecule has 1 fully saturated rings. The quantitative estimate of drug-likeness (QED) is 0.467. The van der Waals surface area contributed by atoms with E-state index >= 15 is 0 Å². The molecule has 0 atom stereocenters. The highest BCUT2D eigenvalue weighted by Crippen LogP contribution is 2.32. The Morgan fingerprint density at radius 3 is 2.65 bits per heavy atom. The molecule has 1 saturated heterocycles. The largest absolute Gasteiger partial charge is 0.496 e. The van der Waals surface area contributed by atoms with Crippen LogP contribution < -0.4 is 10.1 Å². The fourth-order valence-corrected chi connectivity index (χ4v) is 4.50. The zero-order chi connectivity index (χ0) is 23.5. The predicted molar refractivity (Wildman–Crippen MR) is 126 cm³/mol. The van der Waals surface area contributed by atoms with Gasteiger partial charge in [0.25, 0.3) is 11.8 Å². The molecule has 0 bridgehead atoms. The van der Waals surface area contributed by atoms with E-state index < -0.39 is 0 Å². The highest BCUT2D eigenvalue weighted by Gasteiger charge is 2.21. The lowest BCUT2D eigenvalue weighted by molar-refractivity contribution is 0.0299. The average molecular weight is 477 g/mol. The maximum absolute atomic E-state index is 13.1. The Morgan fingerprint density at radius 1 is 1.03 bits per heavy atom. The monoisotopic (exact) mass is 476 g/mol. The number of methoxy groups -OCH3 is 1. The van der Waals surface area contributed by atoms with E-state index in [0.717, 1.165) is 5.56 Å². The standard InChI is InChI=1S/C23H20N6O4S/c1-32-19-5-3-2-4-14(19)15-12-24-25-13-16(15)20(30)28-23-27-17-6-7-18(26-21(17)34-23)22(31)29-8-10-33-11-9-29/h2-7,12-13H,8-11H2,1H3,(H,27,28,30). The van der Waals surface area contributed by atoms with Gasteiger partial charge in [0.1, 0.15) is 21.8 Å². The summed E-state index contributed by atoms with van der Waals surface area (Å²) in [4.78, 5) is 37.1. The molecule has 0 aliphatic carbocycles. The summed E-state index contributed by atoms with van der Waals surface area (Å²) in [6, 6.07) is 10.7. The highest BCUT2D eigenvalue weighted by molar-refractivity contribution is 7.22. The maximum atomic E-state index is 13.1. The summed E-state index contributed by atoms with van der Waals surface area (Å²) in [6.07, 6.45) is 2.93. The molecular weight excluding hydrogens is 456 g/mol. The lowest BCUT2D eigenvalue weighted by Crippen LogP contribution is -2.41. The fourth-order valence-electron chi connectivity index (χ4n) is 3.67. The van der Waals surface area contributed by atoms with E-state index in [-0.39, 0.29) is 11.8 Å². The first-order chi connectivity index (χ1) is 16.6. The third kappa shape index (κ3) is 4.30. The molecule has 34 heavy (non-hydrogen) atoms. The average Bonchev–Trinajstić information content (AvgIpc) is 3.30. The Kier molecular flexibility index (Phi) is 6.11. The fraction of sp³-hybridized carbons (Fsp3) is 0.217. The summed E-state index contributed by atoms with van der Waals surface area (Å²) in [6.45, 7) is 2.12. The van der Waals surface area contributed by atoms with Crippen molar-refractivity contribution in [2.75, 3.05) is 38.7 Å². The van der Waals surface area contributed by atoms with Crippen molar-refractivity contribution in [3.05, 3.63) is 60.0 Å². The van der Waals surface area contributed by atoms with Crippen molar-refractivity contribution in [2.24, 2.45) is 0 Å². The van der Waals surface area contributed by atoms with Crippen molar-refractivity contribution in [1.29, 1.82) is 0 Å². The van der Waals surface area contributed by atoms with Crippen molar-refractivity contribution < 1.29 is 19.1 Å². The van der Waals surface area contributed by atoms with Crippen LogP contribution in [0.2, 0.25) is 0 Å². The predicted octanol–water partition coefficient (Wildman–Crippen LogP) is 2.88. The summed E-state index contributed by atoms with van der Waals surface area (Å²) in [5.41, 5.74) is 2.57. The van der Waals surface area contributed by atoms with E-state index in [2.05, 4.69) is 25.5 Å². The SMILES string of the molecule is COc1ccccc1-c1cnncc1C(=O)Nc1nc2ccc(C(=O)N3CCOCC3)nc2s1. The third-order valence-corrected chi connectivity index (χ3v) is 6.25. The summed E-state index contributed by atoms with van der Waals surface area (Å²) >= 11 is 1.20. The van der Waals surface area contributed by atoms with Crippen LogP contribution in [-0.4, -0.2) is 70.3 Å². The molecule has 0 radical (unpaired) electrons. The van der Waals surface area contributed by atoms with E-state index in [4.69, 9.17) is 9.47 Å². The molecular formula is C23H20N6O4S. The van der Waals surface area contributed by atoms with Crippen LogP contribution in [-0.2, 0) is 4.74 Å². The second-order valence-electron chi connectivity index (χ2n) is 7.42. The molecule has 0 spiro atoms. The number of hydrogen-bond donors (Lipinski definition) is 1. The summed E-state index contributed by atoms with van der Waals surface area (Å²) < 4.78 is 10.7. The van der Waals surface area contributed by atoms with Crippen LogP contribution in [0, 0.1) is 0 Å². The number of ether oxygens (including phenoxy) is 2. The first kappa shape index (κ1) is 21.9. The van der Waals surface area contributed by atoms with E-state index in [0.29, 0.717) is 64.4 Å². The minimum atomic E-state index is -0.389. The molecule has 10 nitrogen and oxygen atoms in total. The molecule has 1 aliphatic rings. The molecule has 1 N–H and O–H groups in total. The van der Waals surface area contributed by atoms with Gasteiger partial charge < -0.3 is 14.4 Å². The number of rotatable bonds is 5. The summed E-state index contributed by atoms with van der Waals surface area (Å²) in [5.74, 6) is 0.0826. The third-order valence-electron chi connectivity index (χ3n) is 5.37. The van der Waals surface area contributed by atoms with Gasteiger partial charge in [-0.3, -0.25) is 14.9 Å². The van der Waals surface area contributed by atoms with Crippen LogP contribution in [0.3, 0.4) is 0 Å². The molecule has 1 aromatic carbocycles. The smallest absolute Gasteiger partial charge is 0.272 e. The number of pyridine rings is 1. The molecule has 4 heterocycles. The van der Waals surface area contributed by atoms with Crippen LogP contribution in [0.25, 0.3) is 21.5 Å². The number of benzene rings is 1. The van der Waals surface area contributed by atoms with Crippen LogP contribution >= 0.6 is 11.3 Å². The number of fused-ring (bicyclic) bond motifs is 1. The number of anilines is 1. The van der Waals surface area contributed by atoms with Gasteiger partial charge in [0.05, 0.1) is 38.3 Å². The summed E-state index contributed by atoms with van der Waals surface area (Å²) in [7, 11) is 1.57. The molecule has 4 aromatic rings. The van der Waals surface area contributed by atoms with Gasteiger partial charge in [-0.15, -0.1) is 0 Å². The van der Waals surface area contributed by atoms with Gasteiger partial charge in [-0.25, -0.2) is 9.97 Å². The molecule has 1 aliphatic heterocycles. The normalized spacial score (nSPS) is 13.6. The van der Waals surface area contributed by atoms with Gasteiger partial charge in [-0.05, 0) is 18.2 Å². The lowest BCUT2D eigenvalue weighted by atomic mass is 10.0. The van der Waals surface area contributed by atoms with Crippen LogP contribution in [0.5, 0.6) is 5.75 Å². The Bertz CT molecular complexity index is 1370. The number of nitrogens with one attached hydrogen (secondary N) is 1. The molecule has 3 aromatic heterocycles. The molecule has 0 saturated carbocycles. The van der Waals surface area contributed by atoms with E-state index in [9.17, 15) is 9.59 Å². The topological polar surface area (TPSA) is 119 Å². The second-order valence-corrected chi connectivity index (χ2v) is 8.39. The number of aromatic nitrogens is 4. The van der Waals surface area contributed by atoms with E-state index in [1.165, 1.54) is 23.7 Å². The van der Waals surface area contributed by atoms with Crippen molar-refractivity contribution in [3.63, 3.8) is 0 Å². The van der Waals surface area contributed by atoms with Crippen LogP contribution in [0.4, 0.5) is 5.13 Å². The summed E-state index contributed by atoms with van der Waals surface area (Å²) in [5, 5.41) is 11.0. The Labute approximate surface area is 198 Å². The lowest BCUT2D eigenvalue weighted by Gasteiger charge is -2.26. The van der Waals surface area contributed by atoms with Crippen molar-refractivity contribution in [2.45, 2.75) is 0 Å². The van der Waals surface area contributed by atoms with E-state index in [1.807, 2.05) is 24.3 Å². The molecule has 2 amide bonds. The van der Waals surface area contributed by atoms with Gasteiger partial charge >= 0.3 is 0 Å². The molecule has 172 valence electrons. The molecule has 11 heteroatoms. The molecule has 0 unspecified atom stereocenters. The minimum absolute atomic E-state index is 0.145. The Balaban J connectivity index is 1.40. The van der Waals surface area contributed by atoms with Gasteiger partial charge in [0, 0.05) is 24.2 Å². The zero-order valence-electron chi connectivity index (χ0n) is 18.2. The number of thiazole rings is 1. The van der Waals surface area contributed by atoms with Crippen molar-refractivity contribution in [3.8, 4) is 16.9 Å². The van der Waals surface area contributed by atoms with E-state index in [1.54, 1.807) is 24.1 Å². The number of carbonyl (C=O) groups excluding carboxylic acids is 2. The number of hydrogen-bond acceptors (Lipinski definition) is 9. The van der Waals surface area contributed by atoms with Gasteiger partial charge in [-0.2, -0.15) is 10.2 Å². The number of carbonyl (C=O) groups is 2. The maximum Gasteiger partial charge on any atom is 0.272 e. The number of para-hydroxylation sites is 1. The number of amides is 2. The van der Waals surface area contributed by atoms with Crippen LogP contribution in [0.1, 0.15) is 20.8 Å². The Morgan fingerprint density at radius 2 is 1.82 bits per heavy atom. The van der Waals surface area contributed by atoms with Gasteiger partial charge in [-0.1, -0.05) is 29.5 Å². The van der Waals surface area contributed by atoms with Crippen molar-refractivity contribution in [1.82, 2.24) is 25.1 Å². The second kappa shape index (κ2) is 9.49. The number of nitrogens with zero attached hydrogens (tertiary/aromatic N) is 5. The highest BCUT2D eigenvalue weighted by atomic mass is 32.1. The van der Waals surface area contributed by atoms with Crippen molar-refractivity contribution >= 4 is 38.6 Å². The minimum Gasteiger partial charge on any atom is -0.496 e.